The van der Waals surface area contributed by atoms with Crippen molar-refractivity contribution in [3.63, 3.8) is 0 Å². The zero-order chi connectivity index (χ0) is 16.9. The van der Waals surface area contributed by atoms with Gasteiger partial charge in [-0.2, -0.15) is 0 Å². The van der Waals surface area contributed by atoms with Gasteiger partial charge in [0.1, 0.15) is 5.60 Å². The van der Waals surface area contributed by atoms with E-state index in [4.69, 9.17) is 4.74 Å². The first-order valence-electron chi connectivity index (χ1n) is 8.88. The van der Waals surface area contributed by atoms with E-state index < -0.39 is 17.0 Å². The summed E-state index contributed by atoms with van der Waals surface area (Å²) in [4.78, 5) is 26.1. The number of carboxylic acid groups (broad SMARTS) is 1. The van der Waals surface area contributed by atoms with Crippen molar-refractivity contribution in [3.05, 3.63) is 0 Å². The first kappa shape index (κ1) is 16.6. The summed E-state index contributed by atoms with van der Waals surface area (Å²) >= 11 is 0. The minimum absolute atomic E-state index is 0.108. The van der Waals surface area contributed by atoms with Crippen LogP contribution in [0.5, 0.6) is 0 Å². The number of nitrogens with zero attached hydrogens (tertiary/aromatic N) is 1. The number of carbonyl (C=O) groups is 2. The van der Waals surface area contributed by atoms with Crippen molar-refractivity contribution in [2.45, 2.75) is 83.8 Å². The van der Waals surface area contributed by atoms with Gasteiger partial charge >= 0.3 is 12.1 Å². The van der Waals surface area contributed by atoms with Gasteiger partial charge in [0, 0.05) is 12.6 Å². The molecule has 1 amide bonds. The maximum Gasteiger partial charge on any atom is 0.410 e. The SMILES string of the molecule is CC(C)(C)OC(=O)N(CC12CCC(C(=O)O)(CC1)CC2)C1CC1. The summed E-state index contributed by atoms with van der Waals surface area (Å²) in [5, 5.41) is 9.51. The molecule has 0 saturated heterocycles. The van der Waals surface area contributed by atoms with Crippen LogP contribution in [0.25, 0.3) is 0 Å². The van der Waals surface area contributed by atoms with Crippen LogP contribution in [0.15, 0.2) is 0 Å². The lowest BCUT2D eigenvalue weighted by Crippen LogP contribution is -2.52. The zero-order valence-corrected chi connectivity index (χ0v) is 14.6. The Balaban J connectivity index is 1.68. The minimum atomic E-state index is -0.628. The molecule has 0 spiro atoms. The minimum Gasteiger partial charge on any atom is -0.481 e. The number of amides is 1. The van der Waals surface area contributed by atoms with Crippen molar-refractivity contribution in [2.75, 3.05) is 6.54 Å². The summed E-state index contributed by atoms with van der Waals surface area (Å²) in [6.07, 6.45) is 6.97. The van der Waals surface area contributed by atoms with Crippen molar-refractivity contribution < 1.29 is 19.4 Å². The van der Waals surface area contributed by atoms with Crippen molar-refractivity contribution in [1.82, 2.24) is 4.90 Å². The van der Waals surface area contributed by atoms with Crippen LogP contribution in [0.2, 0.25) is 0 Å². The van der Waals surface area contributed by atoms with Gasteiger partial charge in [-0.3, -0.25) is 4.79 Å². The van der Waals surface area contributed by atoms with E-state index in [1.165, 1.54) is 0 Å². The number of carboxylic acids is 1. The largest absolute Gasteiger partial charge is 0.481 e. The maximum absolute atomic E-state index is 12.6. The Hall–Kier alpha value is -1.26. The monoisotopic (exact) mass is 323 g/mol. The van der Waals surface area contributed by atoms with Crippen molar-refractivity contribution >= 4 is 12.1 Å². The molecule has 5 nitrogen and oxygen atoms in total. The Morgan fingerprint density at radius 3 is 2.00 bits per heavy atom. The number of hydrogen-bond donors (Lipinski definition) is 1. The topological polar surface area (TPSA) is 66.8 Å². The number of hydrogen-bond acceptors (Lipinski definition) is 3. The predicted molar refractivity (Wildman–Crippen MR) is 86.2 cm³/mol. The van der Waals surface area contributed by atoms with E-state index in [1.807, 2.05) is 25.7 Å². The predicted octanol–water partition coefficient (Wildman–Crippen LogP) is 3.81. The number of fused-ring (bicyclic) bond motifs is 3. The lowest BCUT2D eigenvalue weighted by Gasteiger charge is -2.52. The van der Waals surface area contributed by atoms with Gasteiger partial charge in [0.05, 0.1) is 5.41 Å². The molecule has 0 radical (unpaired) electrons. The van der Waals surface area contributed by atoms with E-state index in [9.17, 15) is 14.7 Å². The molecule has 5 heteroatoms. The molecule has 4 fully saturated rings. The molecule has 0 aromatic rings. The smallest absolute Gasteiger partial charge is 0.410 e. The summed E-state index contributed by atoms with van der Waals surface area (Å²) in [7, 11) is 0. The van der Waals surface area contributed by atoms with Gasteiger partial charge < -0.3 is 14.7 Å². The molecule has 4 aliphatic rings. The molecule has 0 heterocycles. The van der Waals surface area contributed by atoms with Gasteiger partial charge in [-0.25, -0.2) is 4.79 Å². The van der Waals surface area contributed by atoms with Crippen LogP contribution < -0.4 is 0 Å². The molecule has 0 aliphatic heterocycles. The van der Waals surface area contributed by atoms with Gasteiger partial charge in [-0.1, -0.05) is 0 Å². The molecule has 4 aliphatic carbocycles. The van der Waals surface area contributed by atoms with Crippen molar-refractivity contribution in [3.8, 4) is 0 Å². The number of ether oxygens (including phenoxy) is 1. The van der Waals surface area contributed by atoms with Crippen LogP contribution in [-0.4, -0.2) is 40.3 Å². The highest BCUT2D eigenvalue weighted by Crippen LogP contribution is 2.57. The van der Waals surface area contributed by atoms with Gasteiger partial charge in [-0.15, -0.1) is 0 Å². The third-order valence-corrected chi connectivity index (χ3v) is 5.98. The van der Waals surface area contributed by atoms with Crippen molar-refractivity contribution in [1.29, 1.82) is 0 Å². The normalized spacial score (nSPS) is 33.3. The van der Waals surface area contributed by atoms with Gasteiger partial charge in [0.25, 0.3) is 0 Å². The number of aliphatic carboxylic acids is 1. The summed E-state index contributed by atoms with van der Waals surface area (Å²) in [5.74, 6) is -0.628. The van der Waals surface area contributed by atoms with Crippen LogP contribution in [0.3, 0.4) is 0 Å². The van der Waals surface area contributed by atoms with E-state index in [0.29, 0.717) is 6.04 Å². The second-order valence-electron chi connectivity index (χ2n) is 8.92. The third-order valence-electron chi connectivity index (χ3n) is 5.98. The molecule has 4 rings (SSSR count). The summed E-state index contributed by atoms with van der Waals surface area (Å²) in [5.41, 5.74) is -0.853. The Labute approximate surface area is 138 Å². The first-order chi connectivity index (χ1) is 10.6. The molecule has 23 heavy (non-hydrogen) atoms. The molecular formula is C18H29NO4. The first-order valence-corrected chi connectivity index (χ1v) is 8.88. The maximum atomic E-state index is 12.6. The highest BCUT2D eigenvalue weighted by molar-refractivity contribution is 5.75. The molecule has 4 saturated carbocycles. The van der Waals surface area contributed by atoms with Crippen LogP contribution in [-0.2, 0) is 9.53 Å². The van der Waals surface area contributed by atoms with Crippen LogP contribution in [0, 0.1) is 10.8 Å². The van der Waals surface area contributed by atoms with E-state index in [1.54, 1.807) is 0 Å². The Morgan fingerprint density at radius 1 is 1.09 bits per heavy atom. The van der Waals surface area contributed by atoms with Gasteiger partial charge in [0.15, 0.2) is 0 Å². The lowest BCUT2D eigenvalue weighted by molar-refractivity contribution is -0.159. The highest BCUT2D eigenvalue weighted by atomic mass is 16.6. The molecular weight excluding hydrogens is 294 g/mol. The molecule has 0 unspecified atom stereocenters. The zero-order valence-electron chi connectivity index (χ0n) is 14.6. The lowest BCUT2D eigenvalue weighted by atomic mass is 9.53. The van der Waals surface area contributed by atoms with E-state index >= 15 is 0 Å². The van der Waals surface area contributed by atoms with E-state index in [2.05, 4.69) is 0 Å². The molecule has 130 valence electrons. The van der Waals surface area contributed by atoms with Crippen LogP contribution in [0.1, 0.15) is 72.1 Å². The Bertz CT molecular complexity index is 479. The fourth-order valence-electron chi connectivity index (χ4n) is 4.23. The third kappa shape index (κ3) is 3.33. The second-order valence-corrected chi connectivity index (χ2v) is 8.92. The molecule has 0 atom stereocenters. The molecule has 1 N–H and O–H groups in total. The van der Waals surface area contributed by atoms with Gasteiger partial charge in [-0.05, 0) is 77.6 Å². The molecule has 2 bridgehead atoms. The average Bonchev–Trinajstić information content (AvgIpc) is 3.29. The Kier molecular flexibility index (Phi) is 3.88. The van der Waals surface area contributed by atoms with E-state index in [0.717, 1.165) is 57.9 Å². The van der Waals surface area contributed by atoms with Crippen LogP contribution >= 0.6 is 0 Å². The quantitative estimate of drug-likeness (QED) is 0.854. The Morgan fingerprint density at radius 2 is 1.61 bits per heavy atom. The van der Waals surface area contributed by atoms with Gasteiger partial charge in [0.2, 0.25) is 0 Å². The number of rotatable bonds is 4. The summed E-state index contributed by atoms with van der Waals surface area (Å²) in [6.45, 7) is 6.44. The van der Waals surface area contributed by atoms with E-state index in [-0.39, 0.29) is 11.5 Å². The molecule has 0 aromatic heterocycles. The molecule has 0 aromatic carbocycles. The summed E-state index contributed by atoms with van der Waals surface area (Å²) in [6, 6.07) is 0.326. The average molecular weight is 323 g/mol. The van der Waals surface area contributed by atoms with Crippen LogP contribution in [0.4, 0.5) is 4.79 Å². The fraction of sp³-hybridized carbons (Fsp3) is 0.889. The highest BCUT2D eigenvalue weighted by Gasteiger charge is 2.54. The standard InChI is InChI=1S/C18H29NO4/c1-16(2,3)23-15(22)19(13-4-5-13)12-17-6-9-18(10-7-17,11-8-17)14(20)21/h13H,4-12H2,1-3H3,(H,20,21). The second kappa shape index (κ2) is 5.38. The van der Waals surface area contributed by atoms with Crippen molar-refractivity contribution in [2.24, 2.45) is 10.8 Å². The fourth-order valence-corrected chi connectivity index (χ4v) is 4.23. The summed E-state index contributed by atoms with van der Waals surface area (Å²) < 4.78 is 5.60. The number of carbonyl (C=O) groups excluding carboxylic acids is 1.